The monoisotopic (exact) mass is 504 g/mol. The zero-order valence-corrected chi connectivity index (χ0v) is 21.1. The van der Waals surface area contributed by atoms with Crippen molar-refractivity contribution in [2.75, 3.05) is 25.2 Å². The van der Waals surface area contributed by atoms with Gasteiger partial charge in [0, 0.05) is 12.1 Å². The van der Waals surface area contributed by atoms with Gasteiger partial charge in [-0.05, 0) is 43.5 Å². The van der Waals surface area contributed by atoms with E-state index in [1.807, 2.05) is 61.5 Å². The molecule has 1 aliphatic heterocycles. The molecule has 0 saturated carbocycles. The summed E-state index contributed by atoms with van der Waals surface area (Å²) in [6.45, 7) is 2.31. The Morgan fingerprint density at radius 2 is 1.94 bits per heavy atom. The van der Waals surface area contributed by atoms with Crippen molar-refractivity contribution in [1.82, 2.24) is 20.1 Å². The summed E-state index contributed by atoms with van der Waals surface area (Å²) < 4.78 is 31.4. The molecule has 1 saturated heterocycles. The van der Waals surface area contributed by atoms with Crippen LogP contribution in [0.1, 0.15) is 34.1 Å². The molecule has 2 aromatic carbocycles. The standard InChI is InChI=1S/C27H28N4O4S/c1-18-25-23(27(32)28-13-11-19-7-4-3-5-8-19)16-24(20-9-6-10-22(15-20)35-2)29-26(25)31(30-18)21-12-14-36(33,34)17-21/h3-10,15-16,21H,11-14,17H2,1-2H3,(H,28,32). The summed E-state index contributed by atoms with van der Waals surface area (Å²) in [5.41, 5.74) is 4.16. The lowest BCUT2D eigenvalue weighted by Crippen LogP contribution is -2.26. The van der Waals surface area contributed by atoms with Gasteiger partial charge in [-0.1, -0.05) is 42.5 Å². The maximum Gasteiger partial charge on any atom is 0.252 e. The van der Waals surface area contributed by atoms with Crippen LogP contribution in [-0.2, 0) is 16.3 Å². The number of aryl methyl sites for hydroxylation is 1. The average molecular weight is 505 g/mol. The van der Waals surface area contributed by atoms with Crippen LogP contribution in [0, 0.1) is 6.92 Å². The van der Waals surface area contributed by atoms with Gasteiger partial charge in [-0.2, -0.15) is 5.10 Å². The lowest BCUT2D eigenvalue weighted by atomic mass is 10.0. The van der Waals surface area contributed by atoms with Crippen molar-refractivity contribution in [2.45, 2.75) is 25.8 Å². The highest BCUT2D eigenvalue weighted by atomic mass is 32.2. The number of hydrogen-bond acceptors (Lipinski definition) is 6. The first-order chi connectivity index (χ1) is 17.3. The van der Waals surface area contributed by atoms with Crippen LogP contribution >= 0.6 is 0 Å². The van der Waals surface area contributed by atoms with Gasteiger partial charge in [-0.25, -0.2) is 18.1 Å². The number of ether oxygens (including phenoxy) is 1. The fourth-order valence-corrected chi connectivity index (χ4v) is 6.40. The number of rotatable bonds is 7. The number of nitrogens with one attached hydrogen (secondary N) is 1. The molecule has 0 radical (unpaired) electrons. The van der Waals surface area contributed by atoms with Crippen molar-refractivity contribution >= 4 is 26.8 Å². The lowest BCUT2D eigenvalue weighted by Gasteiger charge is -2.13. The van der Waals surface area contributed by atoms with E-state index in [0.29, 0.717) is 53.1 Å². The molecular formula is C27H28N4O4S. The van der Waals surface area contributed by atoms with Gasteiger partial charge in [-0.3, -0.25) is 4.79 Å². The minimum Gasteiger partial charge on any atom is -0.497 e. The predicted molar refractivity (Wildman–Crippen MR) is 139 cm³/mol. The highest BCUT2D eigenvalue weighted by molar-refractivity contribution is 7.91. The fourth-order valence-electron chi connectivity index (χ4n) is 4.71. The van der Waals surface area contributed by atoms with E-state index in [4.69, 9.17) is 9.72 Å². The lowest BCUT2D eigenvalue weighted by molar-refractivity contribution is 0.0955. The molecule has 9 heteroatoms. The normalized spacial score (nSPS) is 16.8. The summed E-state index contributed by atoms with van der Waals surface area (Å²) >= 11 is 0. The molecule has 3 heterocycles. The van der Waals surface area contributed by atoms with E-state index in [1.54, 1.807) is 17.9 Å². The molecule has 0 bridgehead atoms. The molecule has 0 spiro atoms. The summed E-state index contributed by atoms with van der Waals surface area (Å²) in [5.74, 6) is 0.604. The van der Waals surface area contributed by atoms with Crippen molar-refractivity contribution < 1.29 is 17.9 Å². The molecule has 2 aromatic heterocycles. The van der Waals surface area contributed by atoms with Gasteiger partial charge in [0.15, 0.2) is 15.5 Å². The smallest absolute Gasteiger partial charge is 0.252 e. The molecule has 1 N–H and O–H groups in total. The summed E-state index contributed by atoms with van der Waals surface area (Å²) in [7, 11) is -1.53. The first-order valence-corrected chi connectivity index (χ1v) is 13.7. The van der Waals surface area contributed by atoms with Gasteiger partial charge in [0.1, 0.15) is 5.75 Å². The van der Waals surface area contributed by atoms with E-state index in [2.05, 4.69) is 10.4 Å². The van der Waals surface area contributed by atoms with E-state index >= 15 is 0 Å². The van der Waals surface area contributed by atoms with Gasteiger partial charge in [0.25, 0.3) is 5.91 Å². The van der Waals surface area contributed by atoms with Gasteiger partial charge < -0.3 is 10.1 Å². The Morgan fingerprint density at radius 3 is 2.67 bits per heavy atom. The van der Waals surface area contributed by atoms with E-state index in [9.17, 15) is 13.2 Å². The molecular weight excluding hydrogens is 476 g/mol. The number of nitrogens with zero attached hydrogens (tertiary/aromatic N) is 3. The predicted octanol–water partition coefficient (Wildman–Crippen LogP) is 3.75. The van der Waals surface area contributed by atoms with Crippen LogP contribution in [0.15, 0.2) is 60.7 Å². The van der Waals surface area contributed by atoms with Crippen LogP contribution in [0.2, 0.25) is 0 Å². The Bertz CT molecular complexity index is 1530. The van der Waals surface area contributed by atoms with Crippen LogP contribution in [0.3, 0.4) is 0 Å². The van der Waals surface area contributed by atoms with Crippen LogP contribution < -0.4 is 10.1 Å². The molecule has 0 aliphatic carbocycles. The molecule has 36 heavy (non-hydrogen) atoms. The largest absolute Gasteiger partial charge is 0.497 e. The Balaban J connectivity index is 1.57. The Morgan fingerprint density at radius 1 is 1.14 bits per heavy atom. The maximum atomic E-state index is 13.4. The van der Waals surface area contributed by atoms with Crippen molar-refractivity contribution in [3.63, 3.8) is 0 Å². The van der Waals surface area contributed by atoms with E-state index in [1.165, 1.54) is 0 Å². The van der Waals surface area contributed by atoms with Crippen molar-refractivity contribution in [3.05, 3.63) is 77.5 Å². The third-order valence-corrected chi connectivity index (χ3v) is 8.29. The van der Waals surface area contributed by atoms with Crippen LogP contribution in [0.25, 0.3) is 22.3 Å². The number of aromatic nitrogens is 3. The van der Waals surface area contributed by atoms with E-state index in [0.717, 1.165) is 11.1 Å². The fraction of sp³-hybridized carbons (Fsp3) is 0.296. The number of methoxy groups -OCH3 is 1. The number of sulfone groups is 1. The maximum absolute atomic E-state index is 13.4. The van der Waals surface area contributed by atoms with Crippen LogP contribution in [0.4, 0.5) is 0 Å². The number of fused-ring (bicyclic) bond motifs is 1. The first kappa shape index (κ1) is 24.0. The van der Waals surface area contributed by atoms with E-state index < -0.39 is 9.84 Å². The molecule has 8 nitrogen and oxygen atoms in total. The average Bonchev–Trinajstić information content (AvgIpc) is 3.42. The third-order valence-electron chi connectivity index (χ3n) is 6.54. The molecule has 5 rings (SSSR count). The zero-order valence-electron chi connectivity index (χ0n) is 20.3. The second-order valence-electron chi connectivity index (χ2n) is 9.06. The second-order valence-corrected chi connectivity index (χ2v) is 11.3. The molecule has 1 unspecified atom stereocenters. The van der Waals surface area contributed by atoms with Crippen molar-refractivity contribution in [1.29, 1.82) is 0 Å². The number of hydrogen-bond donors (Lipinski definition) is 1. The SMILES string of the molecule is COc1cccc(-c2cc(C(=O)NCCc3ccccc3)c3c(C)nn(C4CCS(=O)(=O)C4)c3n2)c1. The summed E-state index contributed by atoms with van der Waals surface area (Å²) in [4.78, 5) is 18.3. The van der Waals surface area contributed by atoms with Crippen LogP contribution in [0.5, 0.6) is 5.75 Å². The summed E-state index contributed by atoms with van der Waals surface area (Å²) in [6, 6.07) is 18.9. The molecule has 1 atom stereocenters. The number of benzene rings is 2. The van der Waals surface area contributed by atoms with E-state index in [-0.39, 0.29) is 23.5 Å². The van der Waals surface area contributed by atoms with Gasteiger partial charge >= 0.3 is 0 Å². The molecule has 186 valence electrons. The molecule has 4 aromatic rings. The quantitative estimate of drug-likeness (QED) is 0.411. The molecule has 1 aliphatic rings. The Labute approximate surface area is 210 Å². The number of carbonyl (C=O) groups is 1. The van der Waals surface area contributed by atoms with Crippen molar-refractivity contribution in [3.8, 4) is 17.0 Å². The first-order valence-electron chi connectivity index (χ1n) is 11.9. The number of pyridine rings is 1. The Hall–Kier alpha value is -3.72. The van der Waals surface area contributed by atoms with Crippen LogP contribution in [-0.4, -0.2) is 54.2 Å². The summed E-state index contributed by atoms with van der Waals surface area (Å²) in [5, 5.41) is 8.34. The molecule has 1 amide bonds. The van der Waals surface area contributed by atoms with Gasteiger partial charge in [0.05, 0.1) is 47.0 Å². The zero-order chi connectivity index (χ0) is 25.3. The highest BCUT2D eigenvalue weighted by Gasteiger charge is 2.32. The van der Waals surface area contributed by atoms with Gasteiger partial charge in [-0.15, -0.1) is 0 Å². The minimum atomic E-state index is -3.12. The second kappa shape index (κ2) is 9.73. The number of amides is 1. The topological polar surface area (TPSA) is 103 Å². The minimum absolute atomic E-state index is 0.0207. The van der Waals surface area contributed by atoms with Gasteiger partial charge in [0.2, 0.25) is 0 Å². The molecule has 1 fully saturated rings. The number of carbonyl (C=O) groups excluding carboxylic acids is 1. The third kappa shape index (κ3) is 4.83. The Kier molecular flexibility index (Phi) is 6.49. The van der Waals surface area contributed by atoms with Crippen molar-refractivity contribution in [2.24, 2.45) is 0 Å². The summed E-state index contributed by atoms with van der Waals surface area (Å²) in [6.07, 6.45) is 1.18. The highest BCUT2D eigenvalue weighted by Crippen LogP contribution is 2.32.